The van der Waals surface area contributed by atoms with Crippen LogP contribution in [0.2, 0.25) is 0 Å². The highest BCUT2D eigenvalue weighted by Gasteiger charge is 2.37. The Morgan fingerprint density at radius 3 is 2.43 bits per heavy atom. The van der Waals surface area contributed by atoms with Crippen molar-refractivity contribution in [3.63, 3.8) is 0 Å². The van der Waals surface area contributed by atoms with E-state index in [4.69, 9.17) is 4.78 Å². The molecule has 0 aliphatic heterocycles. The molecule has 7 nitrogen and oxygen atoms in total. The van der Waals surface area contributed by atoms with Crippen LogP contribution in [0.4, 0.5) is 30.6 Å². The van der Waals surface area contributed by atoms with E-state index >= 15 is 0 Å². The Labute approximate surface area is 174 Å². The molecule has 1 aliphatic carbocycles. The second-order valence-corrected chi connectivity index (χ2v) is 9.82. The van der Waals surface area contributed by atoms with Gasteiger partial charge in [0.2, 0.25) is 5.95 Å². The maximum absolute atomic E-state index is 13.5. The number of nitrogens with zero attached hydrogens (tertiary/aromatic N) is 3. The zero-order chi connectivity index (χ0) is 22.1. The molecule has 3 rings (SSSR count). The summed E-state index contributed by atoms with van der Waals surface area (Å²) in [5.74, 6) is -0.237. The third kappa shape index (κ3) is 5.20. The number of hydrogen-bond acceptors (Lipinski definition) is 7. The number of rotatable bonds is 6. The summed E-state index contributed by atoms with van der Waals surface area (Å²) in [6.07, 6.45) is 0.110. The number of hydrogen-bond donors (Lipinski definition) is 3. The van der Waals surface area contributed by atoms with E-state index in [9.17, 15) is 17.4 Å². The molecule has 1 heterocycles. The zero-order valence-corrected chi connectivity index (χ0v) is 17.8. The molecule has 1 fully saturated rings. The molecule has 0 bridgehead atoms. The van der Waals surface area contributed by atoms with Crippen LogP contribution in [0.3, 0.4) is 0 Å². The molecule has 11 heteroatoms. The maximum Gasteiger partial charge on any atom is 0.421 e. The number of likely N-dealkylation sites (N-methyl/N-ethyl adjacent to an activating group) is 1. The average Bonchev–Trinajstić information content (AvgIpc) is 3.09. The molecule has 1 aromatic heterocycles. The highest BCUT2D eigenvalue weighted by atomic mass is 32.2. The summed E-state index contributed by atoms with van der Waals surface area (Å²) >= 11 is 0. The molecule has 3 N–H and O–H groups in total. The summed E-state index contributed by atoms with van der Waals surface area (Å²) in [6, 6.07) is 6.21. The molecule has 1 saturated carbocycles. The zero-order valence-electron chi connectivity index (χ0n) is 17.0. The number of anilines is 3. The van der Waals surface area contributed by atoms with Crippen molar-refractivity contribution in [1.82, 2.24) is 14.9 Å². The van der Waals surface area contributed by atoms with Crippen molar-refractivity contribution in [1.29, 1.82) is 4.78 Å². The summed E-state index contributed by atoms with van der Waals surface area (Å²) < 4.78 is 59.9. The Bertz CT molecular complexity index is 992. The van der Waals surface area contributed by atoms with Crippen LogP contribution in [0.5, 0.6) is 0 Å². The van der Waals surface area contributed by atoms with E-state index in [0.29, 0.717) is 10.6 Å². The second kappa shape index (κ2) is 8.38. The minimum Gasteiger partial charge on any atom is -0.365 e. The average molecular weight is 443 g/mol. The molecule has 1 unspecified atom stereocenters. The summed E-state index contributed by atoms with van der Waals surface area (Å²) in [6.45, 7) is 0. The molecule has 3 atom stereocenters. The van der Waals surface area contributed by atoms with Crippen LogP contribution >= 0.6 is 0 Å². The first-order valence-corrected chi connectivity index (χ1v) is 11.4. The normalized spacial score (nSPS) is 21.4. The molecule has 0 saturated heterocycles. The Kier molecular flexibility index (Phi) is 6.23. The minimum atomic E-state index is -4.58. The van der Waals surface area contributed by atoms with Crippen LogP contribution in [-0.4, -0.2) is 51.5 Å². The van der Waals surface area contributed by atoms with Crippen LogP contribution in [0.15, 0.2) is 35.4 Å². The minimum absolute atomic E-state index is 0.0146. The van der Waals surface area contributed by atoms with Crippen molar-refractivity contribution in [2.24, 2.45) is 0 Å². The molecule has 1 aromatic carbocycles. The van der Waals surface area contributed by atoms with Gasteiger partial charge in [0, 0.05) is 35.1 Å². The molecular formula is C19H25F3N6OS. The van der Waals surface area contributed by atoms with Gasteiger partial charge < -0.3 is 15.5 Å². The lowest BCUT2D eigenvalue weighted by Gasteiger charge is -2.28. The number of aromatic nitrogens is 2. The smallest absolute Gasteiger partial charge is 0.365 e. The van der Waals surface area contributed by atoms with Gasteiger partial charge in [0.05, 0.1) is 9.73 Å². The van der Waals surface area contributed by atoms with Gasteiger partial charge in [0.25, 0.3) is 0 Å². The monoisotopic (exact) mass is 442 g/mol. The van der Waals surface area contributed by atoms with Gasteiger partial charge in [-0.1, -0.05) is 0 Å². The number of benzene rings is 1. The molecular weight excluding hydrogens is 417 g/mol. The van der Waals surface area contributed by atoms with Crippen LogP contribution in [0.1, 0.15) is 24.8 Å². The largest absolute Gasteiger partial charge is 0.421 e. The van der Waals surface area contributed by atoms with E-state index < -0.39 is 21.5 Å². The fourth-order valence-corrected chi connectivity index (χ4v) is 4.24. The van der Waals surface area contributed by atoms with Gasteiger partial charge in [-0.25, -0.2) is 14.0 Å². The lowest BCUT2D eigenvalue weighted by molar-refractivity contribution is -0.137. The third-order valence-electron chi connectivity index (χ3n) is 5.12. The predicted octanol–water partition coefficient (Wildman–Crippen LogP) is 4.17. The Morgan fingerprint density at radius 2 is 1.87 bits per heavy atom. The number of alkyl halides is 3. The Morgan fingerprint density at radius 1 is 1.20 bits per heavy atom. The Hall–Kier alpha value is -2.40. The van der Waals surface area contributed by atoms with Crippen molar-refractivity contribution in [3.05, 3.63) is 36.0 Å². The lowest BCUT2D eigenvalue weighted by atomic mass is 10.1. The third-order valence-corrected chi connectivity index (χ3v) is 6.29. The molecule has 0 spiro atoms. The molecule has 0 radical (unpaired) electrons. The van der Waals surface area contributed by atoms with Crippen molar-refractivity contribution >= 4 is 27.2 Å². The first-order chi connectivity index (χ1) is 13.9. The fourth-order valence-electron chi connectivity index (χ4n) is 3.59. The Balaban J connectivity index is 1.87. The van der Waals surface area contributed by atoms with E-state index in [1.54, 1.807) is 12.1 Å². The van der Waals surface area contributed by atoms with Crippen LogP contribution in [-0.2, 0) is 15.9 Å². The van der Waals surface area contributed by atoms with Crippen molar-refractivity contribution in [2.45, 2.75) is 42.4 Å². The maximum atomic E-state index is 13.5. The molecule has 30 heavy (non-hydrogen) atoms. The first kappa shape index (κ1) is 22.3. The van der Waals surface area contributed by atoms with Gasteiger partial charge in [0.15, 0.2) is 0 Å². The van der Waals surface area contributed by atoms with Gasteiger partial charge in [-0.2, -0.15) is 18.2 Å². The summed E-state index contributed by atoms with van der Waals surface area (Å²) in [7, 11) is 0.983. The highest BCUT2D eigenvalue weighted by Crippen LogP contribution is 2.36. The van der Waals surface area contributed by atoms with Gasteiger partial charge in [-0.15, -0.1) is 0 Å². The van der Waals surface area contributed by atoms with E-state index in [1.165, 1.54) is 18.4 Å². The highest BCUT2D eigenvalue weighted by molar-refractivity contribution is 7.91. The van der Waals surface area contributed by atoms with Crippen LogP contribution in [0.25, 0.3) is 0 Å². The van der Waals surface area contributed by atoms with E-state index in [2.05, 4.69) is 20.6 Å². The van der Waals surface area contributed by atoms with Crippen LogP contribution in [0, 0.1) is 4.78 Å². The van der Waals surface area contributed by atoms with Crippen molar-refractivity contribution in [3.8, 4) is 0 Å². The van der Waals surface area contributed by atoms with Gasteiger partial charge >= 0.3 is 6.18 Å². The fraction of sp³-hybridized carbons (Fsp3) is 0.474. The van der Waals surface area contributed by atoms with E-state index in [0.717, 1.165) is 25.5 Å². The topological polar surface area (TPSA) is 94.0 Å². The standard InChI is InChI=1S/C19H25F3N6OS/c1-28(2)16-6-4-5-15(16)26-17-14(19(20,21)22)11-24-18(27-17)25-12-7-9-13(10-8-12)30(3,23)29/h7-11,15-16,23H,4-6H2,1-3H3,(H2,24,25,26,27)/t15-,16-,30?/m1/s1. The van der Waals surface area contributed by atoms with Gasteiger partial charge in [0.1, 0.15) is 11.4 Å². The quantitative estimate of drug-likeness (QED) is 0.622. The number of halogens is 3. The van der Waals surface area contributed by atoms with Gasteiger partial charge in [-0.05, 0) is 57.6 Å². The molecule has 1 aliphatic rings. The van der Waals surface area contributed by atoms with Crippen molar-refractivity contribution < 1.29 is 17.4 Å². The van der Waals surface area contributed by atoms with E-state index in [-0.39, 0.29) is 23.8 Å². The molecule has 0 amide bonds. The summed E-state index contributed by atoms with van der Waals surface area (Å²) in [5, 5.41) is 5.85. The summed E-state index contributed by atoms with van der Waals surface area (Å²) in [4.78, 5) is 10.3. The first-order valence-electron chi connectivity index (χ1n) is 9.43. The number of nitrogens with one attached hydrogen (secondary N) is 3. The van der Waals surface area contributed by atoms with E-state index in [1.807, 2.05) is 19.0 Å². The lowest BCUT2D eigenvalue weighted by Crippen LogP contribution is -2.39. The summed E-state index contributed by atoms with van der Waals surface area (Å²) in [5.41, 5.74) is -0.395. The predicted molar refractivity (Wildman–Crippen MR) is 111 cm³/mol. The van der Waals surface area contributed by atoms with Gasteiger partial charge in [-0.3, -0.25) is 0 Å². The SMILES string of the molecule is CN(C)[C@@H]1CCC[C@H]1Nc1nc(Nc2ccc(S(C)(=N)=O)cc2)ncc1C(F)(F)F. The second-order valence-electron chi connectivity index (χ2n) is 7.66. The van der Waals surface area contributed by atoms with Crippen molar-refractivity contribution in [2.75, 3.05) is 31.0 Å². The molecule has 2 aromatic rings. The van der Waals surface area contributed by atoms with Crippen LogP contribution < -0.4 is 10.6 Å². The molecule has 164 valence electrons.